The first kappa shape index (κ1) is 7.57. The lowest BCUT2D eigenvalue weighted by atomic mass is 10.6. The highest BCUT2D eigenvalue weighted by Crippen LogP contribution is 2.13. The molecule has 56 valence electrons. The fourth-order valence-electron chi connectivity index (χ4n) is 0.655. The second kappa shape index (κ2) is 4.30. The van der Waals surface area contributed by atoms with Crippen LogP contribution in [0.5, 0.6) is 0 Å². The Kier molecular flexibility index (Phi) is 3.26. The molecule has 1 aromatic rings. The summed E-state index contributed by atoms with van der Waals surface area (Å²) in [5.41, 5.74) is 0. The second-order valence-electron chi connectivity index (χ2n) is 1.90. The summed E-state index contributed by atoms with van der Waals surface area (Å²) in [7, 11) is 1.70. The minimum absolute atomic E-state index is 0.762. The molecule has 0 bridgehead atoms. The van der Waals surface area contributed by atoms with Crippen molar-refractivity contribution in [3.05, 3.63) is 17.5 Å². The number of nitrogens with one attached hydrogen (secondary N) is 1. The van der Waals surface area contributed by atoms with Crippen LogP contribution in [0.15, 0.2) is 17.5 Å². The molecule has 1 aromatic heterocycles. The number of hydrogen-bond acceptors (Lipinski definition) is 3. The molecule has 0 unspecified atom stereocenters. The third-order valence-electron chi connectivity index (χ3n) is 1.13. The molecule has 3 heteroatoms. The Morgan fingerprint density at radius 2 is 2.60 bits per heavy atom. The molecule has 2 nitrogen and oxygen atoms in total. The van der Waals surface area contributed by atoms with Crippen molar-refractivity contribution in [1.82, 2.24) is 0 Å². The van der Waals surface area contributed by atoms with E-state index in [1.807, 2.05) is 6.07 Å². The molecule has 1 N–H and O–H groups in total. The number of hydrogen-bond donors (Lipinski definition) is 1. The molecule has 0 aliphatic carbocycles. The smallest absolute Gasteiger partial charge is 0.0883 e. The van der Waals surface area contributed by atoms with Crippen molar-refractivity contribution in [2.45, 2.75) is 0 Å². The molecule has 0 spiro atoms. The van der Waals surface area contributed by atoms with Gasteiger partial charge in [0, 0.05) is 13.7 Å². The van der Waals surface area contributed by atoms with Crippen LogP contribution in [-0.2, 0) is 4.74 Å². The van der Waals surface area contributed by atoms with Crippen LogP contribution in [-0.4, -0.2) is 20.3 Å². The van der Waals surface area contributed by atoms with Crippen molar-refractivity contribution in [3.8, 4) is 0 Å². The van der Waals surface area contributed by atoms with E-state index in [4.69, 9.17) is 4.74 Å². The lowest BCUT2D eigenvalue weighted by molar-refractivity contribution is 0.211. The van der Waals surface area contributed by atoms with Gasteiger partial charge in [-0.2, -0.15) is 0 Å². The molecule has 0 fully saturated rings. The predicted molar refractivity (Wildman–Crippen MR) is 44.7 cm³/mol. The third-order valence-corrected chi connectivity index (χ3v) is 1.95. The lowest BCUT2D eigenvalue weighted by Crippen LogP contribution is -2.05. The van der Waals surface area contributed by atoms with Gasteiger partial charge in [0.1, 0.15) is 0 Å². The molecule has 0 radical (unpaired) electrons. The Morgan fingerprint density at radius 3 is 3.20 bits per heavy atom. The van der Waals surface area contributed by atoms with Gasteiger partial charge in [-0.15, -0.1) is 11.3 Å². The lowest BCUT2D eigenvalue weighted by Gasteiger charge is -2.00. The SMILES string of the molecule is COCCNc1cccs1. The Morgan fingerprint density at radius 1 is 1.70 bits per heavy atom. The maximum atomic E-state index is 4.88. The van der Waals surface area contributed by atoms with E-state index in [1.165, 1.54) is 5.00 Å². The van der Waals surface area contributed by atoms with Gasteiger partial charge in [-0.25, -0.2) is 0 Å². The van der Waals surface area contributed by atoms with Gasteiger partial charge < -0.3 is 10.1 Å². The first-order valence-electron chi connectivity index (χ1n) is 3.20. The average Bonchev–Trinajstić information content (AvgIpc) is 2.41. The van der Waals surface area contributed by atoms with E-state index < -0.39 is 0 Å². The molecule has 0 aliphatic heterocycles. The molecule has 1 rings (SSSR count). The molecule has 1 heterocycles. The first-order valence-corrected chi connectivity index (χ1v) is 4.08. The maximum absolute atomic E-state index is 4.88. The van der Waals surface area contributed by atoms with E-state index in [9.17, 15) is 0 Å². The highest BCUT2D eigenvalue weighted by atomic mass is 32.1. The summed E-state index contributed by atoms with van der Waals surface area (Å²) in [5, 5.41) is 6.48. The second-order valence-corrected chi connectivity index (χ2v) is 2.84. The van der Waals surface area contributed by atoms with Gasteiger partial charge in [-0.1, -0.05) is 0 Å². The summed E-state index contributed by atoms with van der Waals surface area (Å²) >= 11 is 1.71. The highest BCUT2D eigenvalue weighted by molar-refractivity contribution is 7.14. The van der Waals surface area contributed by atoms with Crippen LogP contribution in [0, 0.1) is 0 Å². The van der Waals surface area contributed by atoms with E-state index in [1.54, 1.807) is 18.4 Å². The van der Waals surface area contributed by atoms with Crippen molar-refractivity contribution in [2.24, 2.45) is 0 Å². The fraction of sp³-hybridized carbons (Fsp3) is 0.429. The van der Waals surface area contributed by atoms with Gasteiger partial charge in [-0.3, -0.25) is 0 Å². The molecule has 0 atom stereocenters. The van der Waals surface area contributed by atoms with E-state index >= 15 is 0 Å². The molecular formula is C7H11NOS. The Bertz CT molecular complexity index is 162. The summed E-state index contributed by atoms with van der Waals surface area (Å²) in [6.07, 6.45) is 0. The molecule has 10 heavy (non-hydrogen) atoms. The van der Waals surface area contributed by atoms with Crippen molar-refractivity contribution >= 4 is 16.3 Å². The Labute approximate surface area is 64.8 Å². The number of thiophene rings is 1. The van der Waals surface area contributed by atoms with Crippen LogP contribution in [0.3, 0.4) is 0 Å². The summed E-state index contributed by atoms with van der Waals surface area (Å²) in [6.45, 7) is 1.65. The van der Waals surface area contributed by atoms with E-state index in [0.29, 0.717) is 0 Å². The summed E-state index contributed by atoms with van der Waals surface area (Å²) in [5.74, 6) is 0. The van der Waals surface area contributed by atoms with Crippen molar-refractivity contribution < 1.29 is 4.74 Å². The summed E-state index contributed by atoms with van der Waals surface area (Å²) < 4.78 is 4.88. The monoisotopic (exact) mass is 157 g/mol. The fourth-order valence-corrected chi connectivity index (χ4v) is 1.30. The molecule has 0 saturated carbocycles. The zero-order chi connectivity index (χ0) is 7.23. The van der Waals surface area contributed by atoms with E-state index in [2.05, 4.69) is 16.8 Å². The van der Waals surface area contributed by atoms with Gasteiger partial charge in [0.05, 0.1) is 11.6 Å². The van der Waals surface area contributed by atoms with Crippen LogP contribution in [0.1, 0.15) is 0 Å². The van der Waals surface area contributed by atoms with Gasteiger partial charge in [0.15, 0.2) is 0 Å². The third kappa shape index (κ3) is 2.37. The summed E-state index contributed by atoms with van der Waals surface area (Å²) in [4.78, 5) is 0. The largest absolute Gasteiger partial charge is 0.383 e. The minimum Gasteiger partial charge on any atom is -0.383 e. The van der Waals surface area contributed by atoms with Gasteiger partial charge in [0.25, 0.3) is 0 Å². The minimum atomic E-state index is 0.762. The number of anilines is 1. The zero-order valence-corrected chi connectivity index (χ0v) is 6.78. The number of methoxy groups -OCH3 is 1. The van der Waals surface area contributed by atoms with Crippen molar-refractivity contribution in [1.29, 1.82) is 0 Å². The Balaban J connectivity index is 2.15. The maximum Gasteiger partial charge on any atom is 0.0883 e. The Hall–Kier alpha value is -0.540. The van der Waals surface area contributed by atoms with Crippen molar-refractivity contribution in [2.75, 3.05) is 25.6 Å². The summed E-state index contributed by atoms with van der Waals surface area (Å²) in [6, 6.07) is 4.08. The quantitative estimate of drug-likeness (QED) is 0.673. The van der Waals surface area contributed by atoms with Gasteiger partial charge in [0.2, 0.25) is 0 Å². The van der Waals surface area contributed by atoms with E-state index in [0.717, 1.165) is 13.2 Å². The first-order chi connectivity index (χ1) is 4.93. The standard InChI is InChI=1S/C7H11NOS/c1-9-5-4-8-7-3-2-6-10-7/h2-3,6,8H,4-5H2,1H3. The normalized spacial score (nSPS) is 9.70. The number of rotatable bonds is 4. The molecule has 0 aliphatic rings. The van der Waals surface area contributed by atoms with Gasteiger partial charge >= 0.3 is 0 Å². The predicted octanol–water partition coefficient (Wildman–Crippen LogP) is 1.81. The molecule has 0 saturated heterocycles. The molecule has 0 amide bonds. The zero-order valence-electron chi connectivity index (χ0n) is 5.96. The van der Waals surface area contributed by atoms with Crippen LogP contribution in [0.4, 0.5) is 5.00 Å². The average molecular weight is 157 g/mol. The van der Waals surface area contributed by atoms with Crippen LogP contribution < -0.4 is 5.32 Å². The van der Waals surface area contributed by atoms with Crippen LogP contribution in [0.2, 0.25) is 0 Å². The van der Waals surface area contributed by atoms with Crippen molar-refractivity contribution in [3.63, 3.8) is 0 Å². The topological polar surface area (TPSA) is 21.3 Å². The van der Waals surface area contributed by atoms with E-state index in [-0.39, 0.29) is 0 Å². The number of ether oxygens (including phenoxy) is 1. The van der Waals surface area contributed by atoms with Gasteiger partial charge in [-0.05, 0) is 17.5 Å². The molecular weight excluding hydrogens is 146 g/mol. The molecule has 0 aromatic carbocycles. The van der Waals surface area contributed by atoms with Crippen LogP contribution >= 0.6 is 11.3 Å². The van der Waals surface area contributed by atoms with Crippen LogP contribution in [0.25, 0.3) is 0 Å². The highest BCUT2D eigenvalue weighted by Gasteiger charge is 1.88.